The average molecular weight is 566 g/mol. The van der Waals surface area contributed by atoms with Gasteiger partial charge in [0.1, 0.15) is 11.9 Å². The lowest BCUT2D eigenvalue weighted by Crippen LogP contribution is -2.70. The molecule has 2 atom stereocenters. The van der Waals surface area contributed by atoms with Crippen LogP contribution in [0.3, 0.4) is 0 Å². The van der Waals surface area contributed by atoms with Gasteiger partial charge in [0.2, 0.25) is 11.8 Å². The van der Waals surface area contributed by atoms with Crippen LogP contribution in [0.1, 0.15) is 25.3 Å². The molecule has 6 rings (SSSR count). The number of halogens is 1. The molecule has 4 heterocycles. The van der Waals surface area contributed by atoms with Gasteiger partial charge in [-0.1, -0.05) is 6.07 Å². The third-order valence-electron chi connectivity index (χ3n) is 8.14. The van der Waals surface area contributed by atoms with Crippen molar-refractivity contribution in [3.05, 3.63) is 47.8 Å². The fraction of sp³-hybridized carbons (Fsp3) is 0.393. The van der Waals surface area contributed by atoms with Gasteiger partial charge in [-0.05, 0) is 67.6 Å². The second kappa shape index (κ2) is 10.1. The first-order chi connectivity index (χ1) is 19.7. The highest BCUT2D eigenvalue weighted by molar-refractivity contribution is 6.20. The van der Waals surface area contributed by atoms with Crippen molar-refractivity contribution in [2.24, 2.45) is 5.41 Å². The maximum Gasteiger partial charge on any atom is 0.414 e. The van der Waals surface area contributed by atoms with Crippen LogP contribution in [0.5, 0.6) is 0 Å². The van der Waals surface area contributed by atoms with Crippen LogP contribution in [0.15, 0.2) is 36.4 Å². The van der Waals surface area contributed by atoms with Gasteiger partial charge in [-0.25, -0.2) is 18.8 Å². The normalized spacial score (nSPS) is 22.6. The van der Waals surface area contributed by atoms with Gasteiger partial charge in [-0.3, -0.25) is 25.1 Å². The number of rotatable bonds is 5. The summed E-state index contributed by atoms with van der Waals surface area (Å²) in [6.45, 7) is 2.71. The van der Waals surface area contributed by atoms with E-state index in [0.29, 0.717) is 29.8 Å². The van der Waals surface area contributed by atoms with Crippen molar-refractivity contribution in [1.82, 2.24) is 16.0 Å². The van der Waals surface area contributed by atoms with E-state index in [0.717, 1.165) is 12.1 Å². The molecule has 4 aliphatic rings. The highest BCUT2D eigenvalue weighted by Gasteiger charge is 2.60. The Hall–Kier alpha value is -4.68. The molecule has 214 valence electrons. The van der Waals surface area contributed by atoms with Crippen LogP contribution in [0.25, 0.3) is 11.1 Å². The molecule has 3 saturated heterocycles. The molecule has 2 aromatic rings. The molecule has 0 aliphatic carbocycles. The molecular weight excluding hydrogens is 537 g/mol. The van der Waals surface area contributed by atoms with Crippen LogP contribution in [0.2, 0.25) is 0 Å². The quantitative estimate of drug-likeness (QED) is 0.469. The minimum Gasteiger partial charge on any atom is -0.450 e. The summed E-state index contributed by atoms with van der Waals surface area (Å²) in [5.74, 6) is -1.82. The molecule has 41 heavy (non-hydrogen) atoms. The first-order valence-corrected chi connectivity index (χ1v) is 13.5. The van der Waals surface area contributed by atoms with Crippen molar-refractivity contribution >= 4 is 41.4 Å². The zero-order valence-electron chi connectivity index (χ0n) is 22.2. The largest absolute Gasteiger partial charge is 0.450 e. The van der Waals surface area contributed by atoms with Gasteiger partial charge in [-0.2, -0.15) is 0 Å². The Labute approximate surface area is 234 Å². The molecule has 3 fully saturated rings. The number of ether oxygens (including phenoxy) is 2. The van der Waals surface area contributed by atoms with Gasteiger partial charge < -0.3 is 19.7 Å². The number of nitrogens with zero attached hydrogens (tertiary/aromatic N) is 2. The monoisotopic (exact) mass is 565 g/mol. The van der Waals surface area contributed by atoms with Crippen LogP contribution in [-0.2, 0) is 25.5 Å². The van der Waals surface area contributed by atoms with Crippen molar-refractivity contribution in [1.29, 1.82) is 0 Å². The Morgan fingerprint density at radius 3 is 2.66 bits per heavy atom. The highest BCUT2D eigenvalue weighted by atomic mass is 19.1. The Bertz CT molecular complexity index is 1460. The molecule has 0 bridgehead atoms. The van der Waals surface area contributed by atoms with Crippen LogP contribution >= 0.6 is 0 Å². The van der Waals surface area contributed by atoms with E-state index in [1.807, 2.05) is 11.0 Å². The number of benzene rings is 2. The molecule has 12 nitrogen and oxygen atoms in total. The number of hydrogen-bond acceptors (Lipinski definition) is 8. The first-order valence-electron chi connectivity index (χ1n) is 13.5. The fourth-order valence-electron chi connectivity index (χ4n) is 6.31. The Balaban J connectivity index is 1.25. The maximum absolute atomic E-state index is 15.5. The number of hydrogen-bond donors (Lipinski definition) is 3. The second-order valence-electron chi connectivity index (χ2n) is 10.5. The number of carbonyl (C=O) groups is 5. The minimum atomic E-state index is -1.47. The number of carbonyl (C=O) groups excluding carboxylic acids is 5. The molecular formula is C28H28FN5O7. The number of alkyl carbamates (subject to hydrolysis) is 1. The van der Waals surface area contributed by atoms with Gasteiger partial charge in [0.15, 0.2) is 5.41 Å². The van der Waals surface area contributed by atoms with E-state index >= 15 is 4.39 Å². The number of anilines is 2. The lowest BCUT2D eigenvalue weighted by molar-refractivity contribution is -0.146. The number of imide groups is 2. The first kappa shape index (κ1) is 26.5. The molecule has 13 heteroatoms. The Morgan fingerprint density at radius 2 is 1.93 bits per heavy atom. The van der Waals surface area contributed by atoms with Gasteiger partial charge >= 0.3 is 18.2 Å². The van der Waals surface area contributed by atoms with Gasteiger partial charge in [0.25, 0.3) is 0 Å². The molecule has 6 amide bonds. The molecule has 1 unspecified atom stereocenters. The van der Waals surface area contributed by atoms with Crippen LogP contribution in [-0.4, -0.2) is 68.4 Å². The van der Waals surface area contributed by atoms with Crippen LogP contribution < -0.4 is 25.8 Å². The standard InChI is InChI=1S/C28H28FN5O7/c1-2-40-26(38)30-13-18-14-34(27(39)41-18)17-6-7-19(20(29)11-17)15-5-8-21-16(10-15)12-28(22-4-3-9-33(21)22)23(35)31-25(37)32-24(28)36/h5-8,10-11,18,22H,2-4,9,12-14H2,1H3,(H,30,38)(H2,31,32,35,36,37)/t18-,22?/m0/s1. The number of barbiturate groups is 1. The second-order valence-corrected chi connectivity index (χ2v) is 10.5. The van der Waals surface area contributed by atoms with Crippen LogP contribution in [0, 0.1) is 11.2 Å². The predicted molar refractivity (Wildman–Crippen MR) is 143 cm³/mol. The molecule has 3 N–H and O–H groups in total. The summed E-state index contributed by atoms with van der Waals surface area (Å²) < 4.78 is 25.6. The Morgan fingerprint density at radius 1 is 1.15 bits per heavy atom. The van der Waals surface area contributed by atoms with E-state index in [2.05, 4.69) is 16.0 Å². The van der Waals surface area contributed by atoms with Gasteiger partial charge in [-0.15, -0.1) is 0 Å². The number of nitrogens with one attached hydrogen (secondary N) is 3. The minimum absolute atomic E-state index is 0.0559. The predicted octanol–water partition coefficient (Wildman–Crippen LogP) is 2.44. The van der Waals surface area contributed by atoms with Crippen LogP contribution in [0.4, 0.5) is 30.1 Å². The lowest BCUT2D eigenvalue weighted by atomic mass is 9.68. The number of urea groups is 1. The summed E-state index contributed by atoms with van der Waals surface area (Å²) in [6.07, 6.45) is -0.409. The third kappa shape index (κ3) is 4.41. The van der Waals surface area contributed by atoms with E-state index < -0.39 is 47.4 Å². The zero-order chi connectivity index (χ0) is 28.9. The van der Waals surface area contributed by atoms with E-state index in [-0.39, 0.29) is 37.7 Å². The van der Waals surface area contributed by atoms with Crippen molar-refractivity contribution < 1.29 is 37.8 Å². The van der Waals surface area contributed by atoms with Crippen molar-refractivity contribution in [2.75, 3.05) is 36.0 Å². The zero-order valence-corrected chi connectivity index (χ0v) is 22.2. The summed E-state index contributed by atoms with van der Waals surface area (Å²) in [4.78, 5) is 65.3. The fourth-order valence-corrected chi connectivity index (χ4v) is 6.31. The van der Waals surface area contributed by atoms with Crippen molar-refractivity contribution in [3.63, 3.8) is 0 Å². The van der Waals surface area contributed by atoms with E-state index in [4.69, 9.17) is 9.47 Å². The molecule has 0 saturated carbocycles. The highest BCUT2D eigenvalue weighted by Crippen LogP contribution is 2.48. The number of fused-ring (bicyclic) bond motifs is 4. The summed E-state index contributed by atoms with van der Waals surface area (Å²) in [6, 6.07) is 8.60. The topological polar surface area (TPSA) is 146 Å². The lowest BCUT2D eigenvalue weighted by Gasteiger charge is -2.47. The SMILES string of the molecule is CCOC(=O)NC[C@H]1CN(c2ccc(-c3ccc4c(c3)CC3(C(=O)NC(=O)NC3=O)C3CCCN43)c(F)c2)C(=O)O1. The molecule has 4 aliphatic heterocycles. The smallest absolute Gasteiger partial charge is 0.414 e. The summed E-state index contributed by atoms with van der Waals surface area (Å²) in [7, 11) is 0. The average Bonchev–Trinajstić information content (AvgIpc) is 3.57. The molecule has 0 radical (unpaired) electrons. The maximum atomic E-state index is 15.5. The van der Waals surface area contributed by atoms with E-state index in [1.54, 1.807) is 31.2 Å². The molecule has 2 aromatic carbocycles. The number of amides is 6. The Kier molecular flexibility index (Phi) is 6.51. The third-order valence-corrected chi connectivity index (χ3v) is 8.14. The van der Waals surface area contributed by atoms with Gasteiger partial charge in [0, 0.05) is 17.8 Å². The van der Waals surface area contributed by atoms with Crippen molar-refractivity contribution in [3.8, 4) is 11.1 Å². The van der Waals surface area contributed by atoms with E-state index in [1.165, 1.54) is 11.0 Å². The number of cyclic esters (lactones) is 1. The molecule has 0 aromatic heterocycles. The summed E-state index contributed by atoms with van der Waals surface area (Å²) in [5.41, 5.74) is 1.21. The van der Waals surface area contributed by atoms with Gasteiger partial charge in [0.05, 0.1) is 31.4 Å². The summed E-state index contributed by atoms with van der Waals surface area (Å²) >= 11 is 0. The molecule has 1 spiro atoms. The summed E-state index contributed by atoms with van der Waals surface area (Å²) in [5, 5.41) is 7.04. The van der Waals surface area contributed by atoms with Crippen molar-refractivity contribution in [2.45, 2.75) is 38.3 Å². The van der Waals surface area contributed by atoms with E-state index in [9.17, 15) is 24.0 Å².